The lowest BCUT2D eigenvalue weighted by molar-refractivity contribution is 0.0695. The highest BCUT2D eigenvalue weighted by Crippen LogP contribution is 2.44. The maximum absolute atomic E-state index is 11.0. The molecule has 1 fully saturated rings. The summed E-state index contributed by atoms with van der Waals surface area (Å²) in [6.45, 7) is 0. The third-order valence-corrected chi connectivity index (χ3v) is 3.19. The van der Waals surface area contributed by atoms with Gasteiger partial charge in [-0.1, -0.05) is 0 Å². The molecule has 0 heterocycles. The molecular weight excluding hydrogens is 260 g/mol. The van der Waals surface area contributed by atoms with Gasteiger partial charge >= 0.3 is 5.97 Å². The molecule has 3 nitrogen and oxygen atoms in total. The van der Waals surface area contributed by atoms with Gasteiger partial charge in [-0.25, -0.2) is 4.79 Å². The Bertz CT molecular complexity index is 411. The van der Waals surface area contributed by atoms with E-state index >= 15 is 0 Å². The first kappa shape index (κ1) is 10.5. The van der Waals surface area contributed by atoms with Crippen LogP contribution in [-0.2, 0) is 0 Å². The van der Waals surface area contributed by atoms with Crippen LogP contribution in [0.25, 0.3) is 0 Å². The Labute approximate surface area is 96.2 Å². The molecule has 1 saturated carbocycles. The van der Waals surface area contributed by atoms with Gasteiger partial charge in [0, 0.05) is 0 Å². The Morgan fingerprint density at radius 3 is 2.67 bits per heavy atom. The van der Waals surface area contributed by atoms with Gasteiger partial charge in [-0.2, -0.15) is 0 Å². The molecule has 4 heteroatoms. The highest BCUT2D eigenvalue weighted by atomic mass is 79.9. The first-order valence-corrected chi connectivity index (χ1v) is 5.53. The number of carbonyl (C=O) groups is 1. The molecule has 0 radical (unpaired) electrons. The molecule has 0 atom stereocenters. The van der Waals surface area contributed by atoms with E-state index in [1.807, 2.05) is 6.07 Å². The van der Waals surface area contributed by atoms with Crippen molar-refractivity contribution in [2.75, 3.05) is 7.11 Å². The van der Waals surface area contributed by atoms with Crippen molar-refractivity contribution in [2.24, 2.45) is 0 Å². The second kappa shape index (κ2) is 3.85. The quantitative estimate of drug-likeness (QED) is 0.919. The second-order valence-corrected chi connectivity index (χ2v) is 4.51. The molecule has 1 N–H and O–H groups in total. The van der Waals surface area contributed by atoms with Gasteiger partial charge in [0.2, 0.25) is 0 Å². The molecule has 0 saturated heterocycles. The van der Waals surface area contributed by atoms with Crippen molar-refractivity contribution < 1.29 is 14.6 Å². The van der Waals surface area contributed by atoms with Crippen LogP contribution in [0, 0.1) is 0 Å². The van der Waals surface area contributed by atoms with Crippen molar-refractivity contribution in [1.82, 2.24) is 0 Å². The second-order valence-electron chi connectivity index (χ2n) is 3.65. The lowest BCUT2D eigenvalue weighted by atomic mass is 10.0. The molecule has 1 aliphatic carbocycles. The number of ether oxygens (including phenoxy) is 1. The van der Waals surface area contributed by atoms with Crippen LogP contribution in [-0.4, -0.2) is 18.2 Å². The molecule has 0 spiro atoms. The molecule has 2 rings (SSSR count). The minimum atomic E-state index is -0.875. The van der Waals surface area contributed by atoms with Crippen molar-refractivity contribution in [3.63, 3.8) is 0 Å². The summed E-state index contributed by atoms with van der Waals surface area (Å²) < 4.78 is 5.85. The number of hydrogen-bond acceptors (Lipinski definition) is 2. The van der Waals surface area contributed by atoms with Crippen LogP contribution in [0.2, 0.25) is 0 Å². The van der Waals surface area contributed by atoms with Crippen LogP contribution in [0.1, 0.15) is 34.7 Å². The minimum absolute atomic E-state index is 0.380. The molecule has 1 aromatic carbocycles. The minimum Gasteiger partial charge on any atom is -0.496 e. The Balaban J connectivity index is 2.52. The van der Waals surface area contributed by atoms with Crippen LogP contribution >= 0.6 is 15.9 Å². The summed E-state index contributed by atoms with van der Waals surface area (Å²) >= 11 is 3.29. The first-order valence-electron chi connectivity index (χ1n) is 4.74. The molecule has 0 unspecified atom stereocenters. The number of benzene rings is 1. The maximum Gasteiger partial charge on any atom is 0.336 e. The highest BCUT2D eigenvalue weighted by molar-refractivity contribution is 9.10. The fraction of sp³-hybridized carbons (Fsp3) is 0.364. The third kappa shape index (κ3) is 2.00. The topological polar surface area (TPSA) is 46.5 Å². The lowest BCUT2D eigenvalue weighted by Crippen LogP contribution is -2.02. The van der Waals surface area contributed by atoms with Gasteiger partial charge in [0.1, 0.15) is 5.75 Å². The average molecular weight is 271 g/mol. The largest absolute Gasteiger partial charge is 0.496 e. The summed E-state index contributed by atoms with van der Waals surface area (Å²) in [4.78, 5) is 11.0. The number of carboxylic acids is 1. The van der Waals surface area contributed by atoms with Gasteiger partial charge < -0.3 is 9.84 Å². The molecule has 1 aliphatic rings. The maximum atomic E-state index is 11.0. The van der Waals surface area contributed by atoms with E-state index in [2.05, 4.69) is 15.9 Å². The SMILES string of the molecule is COc1cc(C2CC2)c(C(=O)O)cc1Br. The fourth-order valence-electron chi connectivity index (χ4n) is 1.64. The van der Waals surface area contributed by atoms with Crippen molar-refractivity contribution in [3.05, 3.63) is 27.7 Å². The van der Waals surface area contributed by atoms with Crippen molar-refractivity contribution in [3.8, 4) is 5.75 Å². The Kier molecular flexibility index (Phi) is 2.69. The Morgan fingerprint density at radius 2 is 2.20 bits per heavy atom. The zero-order valence-electron chi connectivity index (χ0n) is 8.29. The molecular formula is C11H11BrO3. The van der Waals surface area contributed by atoms with Gasteiger partial charge in [-0.05, 0) is 52.4 Å². The van der Waals surface area contributed by atoms with E-state index < -0.39 is 5.97 Å². The molecule has 80 valence electrons. The molecule has 0 aromatic heterocycles. The summed E-state index contributed by atoms with van der Waals surface area (Å²) in [6, 6.07) is 3.44. The third-order valence-electron chi connectivity index (χ3n) is 2.57. The summed E-state index contributed by atoms with van der Waals surface area (Å²) in [5.74, 6) is 0.222. The van der Waals surface area contributed by atoms with Gasteiger partial charge in [-0.15, -0.1) is 0 Å². The molecule has 0 amide bonds. The zero-order valence-corrected chi connectivity index (χ0v) is 9.87. The summed E-state index contributed by atoms with van der Waals surface area (Å²) in [6.07, 6.45) is 2.15. The van der Waals surface area contributed by atoms with Crippen LogP contribution in [0.5, 0.6) is 5.75 Å². The average Bonchev–Trinajstić information content (AvgIpc) is 3.00. The van der Waals surface area contributed by atoms with Gasteiger partial charge in [0.25, 0.3) is 0 Å². The Hall–Kier alpha value is -1.03. The van der Waals surface area contributed by atoms with E-state index in [1.54, 1.807) is 13.2 Å². The van der Waals surface area contributed by atoms with E-state index in [1.165, 1.54) is 0 Å². The number of methoxy groups -OCH3 is 1. The first-order chi connectivity index (χ1) is 7.13. The van der Waals surface area contributed by atoms with Gasteiger partial charge in [0.05, 0.1) is 17.1 Å². The van der Waals surface area contributed by atoms with Crippen molar-refractivity contribution in [1.29, 1.82) is 0 Å². The molecule has 1 aromatic rings. The normalized spacial score (nSPS) is 15.1. The molecule has 15 heavy (non-hydrogen) atoms. The number of hydrogen-bond donors (Lipinski definition) is 1. The molecule has 0 bridgehead atoms. The van der Waals surface area contributed by atoms with E-state index in [9.17, 15) is 4.79 Å². The fourth-order valence-corrected chi connectivity index (χ4v) is 2.15. The standard InChI is InChI=1S/C11H11BrO3/c1-15-10-5-7(6-2-3-6)8(11(13)14)4-9(10)12/h4-6H,2-3H2,1H3,(H,13,14). The summed E-state index contributed by atoms with van der Waals surface area (Å²) in [5, 5.41) is 9.07. The van der Waals surface area contributed by atoms with Crippen molar-refractivity contribution in [2.45, 2.75) is 18.8 Å². The van der Waals surface area contributed by atoms with Crippen LogP contribution < -0.4 is 4.74 Å². The predicted molar refractivity (Wildman–Crippen MR) is 59.6 cm³/mol. The van der Waals surface area contributed by atoms with E-state index in [-0.39, 0.29) is 0 Å². The van der Waals surface area contributed by atoms with Gasteiger partial charge in [0.15, 0.2) is 0 Å². The lowest BCUT2D eigenvalue weighted by Gasteiger charge is -2.09. The van der Waals surface area contributed by atoms with E-state index in [0.29, 0.717) is 21.7 Å². The summed E-state index contributed by atoms with van der Waals surface area (Å²) in [7, 11) is 1.58. The smallest absolute Gasteiger partial charge is 0.336 e. The van der Waals surface area contributed by atoms with Crippen LogP contribution in [0.3, 0.4) is 0 Å². The zero-order chi connectivity index (χ0) is 11.0. The van der Waals surface area contributed by atoms with Gasteiger partial charge in [-0.3, -0.25) is 0 Å². The molecule has 0 aliphatic heterocycles. The van der Waals surface area contributed by atoms with Crippen LogP contribution in [0.4, 0.5) is 0 Å². The van der Waals surface area contributed by atoms with E-state index in [4.69, 9.17) is 9.84 Å². The Morgan fingerprint density at radius 1 is 1.53 bits per heavy atom. The van der Waals surface area contributed by atoms with Crippen molar-refractivity contribution >= 4 is 21.9 Å². The monoisotopic (exact) mass is 270 g/mol. The number of rotatable bonds is 3. The highest BCUT2D eigenvalue weighted by Gasteiger charge is 2.29. The predicted octanol–water partition coefficient (Wildman–Crippen LogP) is 3.03. The number of aromatic carboxylic acids is 1. The van der Waals surface area contributed by atoms with E-state index in [0.717, 1.165) is 18.4 Å². The summed E-state index contributed by atoms with van der Waals surface area (Å²) in [5.41, 5.74) is 1.27. The number of carboxylic acid groups (broad SMARTS) is 1. The number of halogens is 1. The van der Waals surface area contributed by atoms with Crippen LogP contribution in [0.15, 0.2) is 16.6 Å².